The van der Waals surface area contributed by atoms with E-state index in [9.17, 15) is 4.79 Å². The number of halogens is 3. The molecule has 0 aromatic heterocycles. The van der Waals surface area contributed by atoms with Crippen molar-refractivity contribution in [1.29, 1.82) is 0 Å². The predicted molar refractivity (Wildman–Crippen MR) is 104 cm³/mol. The van der Waals surface area contributed by atoms with E-state index in [2.05, 4.69) is 12.1 Å². The van der Waals surface area contributed by atoms with Crippen molar-refractivity contribution in [2.45, 2.75) is 41.3 Å². The van der Waals surface area contributed by atoms with Gasteiger partial charge in [-0.25, -0.2) is 4.79 Å². The fourth-order valence-electron chi connectivity index (χ4n) is 3.94. The van der Waals surface area contributed by atoms with Crippen LogP contribution in [0.25, 0.3) is 0 Å². The first-order valence-electron chi connectivity index (χ1n) is 8.70. The molecule has 26 heavy (non-hydrogen) atoms. The second-order valence-electron chi connectivity index (χ2n) is 6.79. The third-order valence-electron chi connectivity index (χ3n) is 5.22. The molecule has 1 aliphatic heterocycles. The summed E-state index contributed by atoms with van der Waals surface area (Å²) in [5.41, 5.74) is 2.46. The first-order valence-corrected chi connectivity index (χ1v) is 9.83. The Bertz CT molecular complexity index is 702. The summed E-state index contributed by atoms with van der Waals surface area (Å²) in [6, 6.07) is 8.24. The van der Waals surface area contributed by atoms with Gasteiger partial charge in [0, 0.05) is 18.2 Å². The number of nitrogens with zero attached hydrogens (tertiary/aromatic N) is 1. The van der Waals surface area contributed by atoms with Gasteiger partial charge in [-0.15, -0.1) is 0 Å². The lowest BCUT2D eigenvalue weighted by Gasteiger charge is -2.45. The van der Waals surface area contributed by atoms with Crippen LogP contribution in [0, 0.1) is 0 Å². The molecule has 0 unspecified atom stereocenters. The van der Waals surface area contributed by atoms with Gasteiger partial charge in [0.15, 0.2) is 0 Å². The quantitative estimate of drug-likeness (QED) is 0.599. The monoisotopic (exact) mass is 417 g/mol. The van der Waals surface area contributed by atoms with Crippen LogP contribution in [0.3, 0.4) is 0 Å². The Morgan fingerprint density at radius 2 is 2.08 bits per heavy atom. The maximum Gasteiger partial charge on any atom is 0.413 e. The van der Waals surface area contributed by atoms with Crippen LogP contribution in [0.4, 0.5) is 4.79 Å². The Hall–Kier alpha value is -1.10. The molecule has 1 saturated carbocycles. The zero-order chi connectivity index (χ0) is 18.8. The molecule has 1 heterocycles. The van der Waals surface area contributed by atoms with Gasteiger partial charge in [-0.3, -0.25) is 4.90 Å². The zero-order valence-corrected chi connectivity index (χ0v) is 16.9. The largest absolute Gasteiger partial charge is 0.497 e. The van der Waals surface area contributed by atoms with E-state index in [0.717, 1.165) is 31.4 Å². The molecule has 1 amide bonds. The Balaban J connectivity index is 1.85. The highest BCUT2D eigenvalue weighted by Gasteiger charge is 2.42. The van der Waals surface area contributed by atoms with E-state index in [1.54, 1.807) is 12.0 Å². The standard InChI is InChI=1S/C19H22Cl3NO3/c1-25-16-7-4-6-14(11-16)18-8-3-2-5-15(18)12-23(10-9-18)17(24)26-13-19(20,21)22/h4,6-7,11-12H,2-3,5,8-10,13H2,1H3/t18-/m0/s1. The summed E-state index contributed by atoms with van der Waals surface area (Å²) in [5.74, 6) is 0.853. The predicted octanol–water partition coefficient (Wildman–Crippen LogP) is 5.60. The van der Waals surface area contributed by atoms with Gasteiger partial charge in [0.1, 0.15) is 12.4 Å². The lowest BCUT2D eigenvalue weighted by Crippen LogP contribution is -2.43. The van der Waals surface area contributed by atoms with E-state index in [-0.39, 0.29) is 12.0 Å². The Morgan fingerprint density at radius 1 is 1.27 bits per heavy atom. The van der Waals surface area contributed by atoms with E-state index in [1.165, 1.54) is 17.6 Å². The number of hydrogen-bond acceptors (Lipinski definition) is 3. The van der Waals surface area contributed by atoms with E-state index in [4.69, 9.17) is 44.3 Å². The molecule has 0 radical (unpaired) electrons. The van der Waals surface area contributed by atoms with Crippen molar-refractivity contribution in [3.05, 3.63) is 41.6 Å². The van der Waals surface area contributed by atoms with E-state index in [0.29, 0.717) is 6.54 Å². The second kappa shape index (κ2) is 7.87. The molecule has 1 aromatic rings. The fraction of sp³-hybridized carbons (Fsp3) is 0.526. The molecule has 1 aromatic carbocycles. The average Bonchev–Trinajstić information content (AvgIpc) is 2.65. The molecule has 1 fully saturated rings. The number of carbonyl (C=O) groups is 1. The second-order valence-corrected chi connectivity index (χ2v) is 9.30. The highest BCUT2D eigenvalue weighted by molar-refractivity contribution is 6.67. The lowest BCUT2D eigenvalue weighted by atomic mass is 9.63. The van der Waals surface area contributed by atoms with E-state index in [1.807, 2.05) is 18.3 Å². The first-order chi connectivity index (χ1) is 12.3. The molecule has 1 aliphatic carbocycles. The van der Waals surface area contributed by atoms with Crippen LogP contribution in [0.5, 0.6) is 5.75 Å². The van der Waals surface area contributed by atoms with Crippen molar-refractivity contribution in [3.8, 4) is 5.75 Å². The number of benzene rings is 1. The number of rotatable bonds is 3. The minimum atomic E-state index is -1.60. The number of allylic oxidation sites excluding steroid dienone is 1. The molecule has 0 N–H and O–H groups in total. The molecule has 2 aliphatic rings. The maximum atomic E-state index is 12.3. The van der Waals surface area contributed by atoms with E-state index >= 15 is 0 Å². The molecular weight excluding hydrogens is 397 g/mol. The SMILES string of the molecule is COc1cccc([C@@]23CCCCC2=CN(C(=O)OCC(Cl)(Cl)Cl)CC3)c1. The number of amides is 1. The number of hydrogen-bond donors (Lipinski definition) is 0. The van der Waals surface area contributed by atoms with Crippen LogP contribution in [-0.2, 0) is 10.2 Å². The average molecular weight is 419 g/mol. The van der Waals surface area contributed by atoms with Gasteiger partial charge in [0.05, 0.1) is 7.11 Å². The summed E-state index contributed by atoms with van der Waals surface area (Å²) in [6.45, 7) is 0.302. The van der Waals surface area contributed by atoms with Crippen molar-refractivity contribution < 1.29 is 14.3 Å². The van der Waals surface area contributed by atoms with Gasteiger partial charge in [-0.1, -0.05) is 53.4 Å². The number of fused-ring (bicyclic) bond motifs is 1. The maximum absolute atomic E-state index is 12.3. The minimum Gasteiger partial charge on any atom is -0.497 e. The summed E-state index contributed by atoms with van der Waals surface area (Å²) in [4.78, 5) is 13.9. The number of carbonyl (C=O) groups excluding carboxylic acids is 1. The lowest BCUT2D eigenvalue weighted by molar-refractivity contribution is 0.111. The van der Waals surface area contributed by atoms with E-state index < -0.39 is 9.89 Å². The van der Waals surface area contributed by atoms with Crippen LogP contribution in [0.15, 0.2) is 36.0 Å². The van der Waals surface area contributed by atoms with Crippen molar-refractivity contribution in [1.82, 2.24) is 4.90 Å². The van der Waals surface area contributed by atoms with Crippen molar-refractivity contribution in [2.24, 2.45) is 0 Å². The third-order valence-corrected chi connectivity index (χ3v) is 5.55. The van der Waals surface area contributed by atoms with Crippen molar-refractivity contribution in [2.75, 3.05) is 20.3 Å². The summed E-state index contributed by atoms with van der Waals surface area (Å²) >= 11 is 17.0. The highest BCUT2D eigenvalue weighted by atomic mass is 35.6. The van der Waals surface area contributed by atoms with Crippen LogP contribution in [-0.4, -0.2) is 35.0 Å². The molecule has 1 atom stereocenters. The Kier molecular flexibility index (Phi) is 5.95. The number of methoxy groups -OCH3 is 1. The zero-order valence-electron chi connectivity index (χ0n) is 14.6. The van der Waals surface area contributed by atoms with Gasteiger partial charge in [0.25, 0.3) is 0 Å². The Labute approximate surface area is 169 Å². The van der Waals surface area contributed by atoms with Crippen LogP contribution in [0.1, 0.15) is 37.7 Å². The molecule has 4 nitrogen and oxygen atoms in total. The van der Waals surface area contributed by atoms with Gasteiger partial charge < -0.3 is 9.47 Å². The molecular formula is C19H22Cl3NO3. The molecule has 7 heteroatoms. The van der Waals surface area contributed by atoms with Crippen LogP contribution < -0.4 is 4.74 Å². The summed E-state index contributed by atoms with van der Waals surface area (Å²) in [7, 11) is 1.68. The normalized spacial score (nSPS) is 23.1. The van der Waals surface area contributed by atoms with Gasteiger partial charge in [-0.05, 0) is 49.0 Å². The summed E-state index contributed by atoms with van der Waals surface area (Å²) in [5, 5.41) is 0. The van der Waals surface area contributed by atoms with Crippen molar-refractivity contribution >= 4 is 40.9 Å². The topological polar surface area (TPSA) is 38.8 Å². The third kappa shape index (κ3) is 4.24. The summed E-state index contributed by atoms with van der Waals surface area (Å²) < 4.78 is 8.93. The summed E-state index contributed by atoms with van der Waals surface area (Å²) in [6.07, 6.45) is 6.63. The fourth-order valence-corrected chi connectivity index (χ4v) is 4.11. The van der Waals surface area contributed by atoms with Gasteiger partial charge in [0.2, 0.25) is 3.79 Å². The Morgan fingerprint density at radius 3 is 2.81 bits per heavy atom. The molecule has 0 saturated heterocycles. The number of alkyl halides is 3. The van der Waals surface area contributed by atoms with Gasteiger partial charge >= 0.3 is 6.09 Å². The van der Waals surface area contributed by atoms with Crippen LogP contribution in [0.2, 0.25) is 0 Å². The molecule has 3 rings (SSSR count). The number of ether oxygens (including phenoxy) is 2. The smallest absolute Gasteiger partial charge is 0.413 e. The molecule has 142 valence electrons. The van der Waals surface area contributed by atoms with Crippen molar-refractivity contribution in [3.63, 3.8) is 0 Å². The first kappa shape index (κ1) is 19.7. The van der Waals surface area contributed by atoms with Crippen LogP contribution >= 0.6 is 34.8 Å². The molecule has 0 bridgehead atoms. The minimum absolute atomic E-state index is 0.0429. The molecule has 0 spiro atoms. The van der Waals surface area contributed by atoms with Gasteiger partial charge in [-0.2, -0.15) is 0 Å². The highest BCUT2D eigenvalue weighted by Crippen LogP contribution is 2.48.